The van der Waals surface area contributed by atoms with Crippen molar-refractivity contribution < 1.29 is 14.7 Å². The van der Waals surface area contributed by atoms with E-state index in [4.69, 9.17) is 5.11 Å². The van der Waals surface area contributed by atoms with Gasteiger partial charge in [0.25, 0.3) is 0 Å². The maximum Gasteiger partial charge on any atom is 0.337 e. The van der Waals surface area contributed by atoms with Crippen LogP contribution in [0.25, 0.3) is 11.3 Å². The van der Waals surface area contributed by atoms with Crippen molar-refractivity contribution in [2.24, 2.45) is 5.92 Å². The molecule has 130 valence electrons. The lowest BCUT2D eigenvalue weighted by atomic mass is 9.92. The molecule has 1 saturated heterocycles. The molecular weight excluding hydrogens is 320 g/mol. The molecule has 0 bridgehead atoms. The lowest BCUT2D eigenvalue weighted by Gasteiger charge is -2.31. The zero-order chi connectivity index (χ0) is 17.8. The molecule has 0 aliphatic carbocycles. The number of likely N-dealkylation sites (tertiary alicyclic amines) is 1. The van der Waals surface area contributed by atoms with Gasteiger partial charge in [-0.05, 0) is 31.2 Å². The van der Waals surface area contributed by atoms with E-state index < -0.39 is 5.97 Å². The van der Waals surface area contributed by atoms with Gasteiger partial charge in [0.2, 0.25) is 5.91 Å². The van der Waals surface area contributed by atoms with Crippen LogP contribution in [0.1, 0.15) is 35.8 Å². The van der Waals surface area contributed by atoms with Gasteiger partial charge in [0.05, 0.1) is 23.1 Å². The van der Waals surface area contributed by atoms with Gasteiger partial charge in [-0.15, -0.1) is 0 Å². The molecule has 0 spiro atoms. The zero-order valence-corrected chi connectivity index (χ0v) is 14.1. The zero-order valence-electron chi connectivity index (χ0n) is 14.1. The second-order valence-electron chi connectivity index (χ2n) is 6.32. The molecule has 1 aliphatic rings. The maximum absolute atomic E-state index is 11.4. The average molecular weight is 340 g/mol. The number of carboxylic acid groups (broad SMARTS) is 1. The molecule has 25 heavy (non-hydrogen) atoms. The van der Waals surface area contributed by atoms with Crippen LogP contribution in [0.2, 0.25) is 0 Å². The lowest BCUT2D eigenvalue weighted by molar-refractivity contribution is -0.130. The van der Waals surface area contributed by atoms with Crippen LogP contribution in [-0.2, 0) is 11.2 Å². The molecule has 1 amide bonds. The van der Waals surface area contributed by atoms with E-state index >= 15 is 0 Å². The van der Waals surface area contributed by atoms with Crippen LogP contribution in [0.15, 0.2) is 30.9 Å². The molecule has 2 aromatic heterocycles. The first kappa shape index (κ1) is 17.0. The summed E-state index contributed by atoms with van der Waals surface area (Å²) < 4.78 is 0. The molecule has 3 rings (SSSR count). The Morgan fingerprint density at radius 1 is 1.16 bits per heavy atom. The first-order chi connectivity index (χ1) is 12.0. The van der Waals surface area contributed by atoms with E-state index in [-0.39, 0.29) is 11.5 Å². The van der Waals surface area contributed by atoms with Crippen molar-refractivity contribution in [2.45, 2.75) is 26.2 Å². The second-order valence-corrected chi connectivity index (χ2v) is 6.32. The highest BCUT2D eigenvalue weighted by Gasteiger charge is 2.21. The predicted molar refractivity (Wildman–Crippen MR) is 90.9 cm³/mol. The highest BCUT2D eigenvalue weighted by Crippen LogP contribution is 2.22. The normalized spacial score (nSPS) is 15.2. The van der Waals surface area contributed by atoms with Gasteiger partial charge in [0.15, 0.2) is 0 Å². The smallest absolute Gasteiger partial charge is 0.337 e. The summed E-state index contributed by atoms with van der Waals surface area (Å²) in [4.78, 5) is 37.2. The minimum Gasteiger partial charge on any atom is -0.478 e. The molecule has 7 heteroatoms. The van der Waals surface area contributed by atoms with Crippen molar-refractivity contribution in [3.8, 4) is 11.3 Å². The topological polar surface area (TPSA) is 96.3 Å². The van der Waals surface area contributed by atoms with Crippen LogP contribution in [0.5, 0.6) is 0 Å². The van der Waals surface area contributed by atoms with Crippen LogP contribution in [0, 0.1) is 5.92 Å². The van der Waals surface area contributed by atoms with E-state index in [0.29, 0.717) is 17.2 Å². The standard InChI is InChI=1S/C18H20N4O3/c1-12(23)22-4-2-13(3-5-22)6-16-10-20-11-17(21-16)14-7-15(18(24)25)9-19-8-14/h7-11,13H,2-6H2,1H3,(H,24,25). The first-order valence-corrected chi connectivity index (χ1v) is 8.28. The highest BCUT2D eigenvalue weighted by atomic mass is 16.4. The maximum atomic E-state index is 11.4. The van der Waals surface area contributed by atoms with Crippen LogP contribution in [-0.4, -0.2) is 49.9 Å². The minimum absolute atomic E-state index is 0.126. The molecule has 1 fully saturated rings. The summed E-state index contributed by atoms with van der Waals surface area (Å²) in [5.41, 5.74) is 2.26. The van der Waals surface area contributed by atoms with E-state index in [2.05, 4.69) is 15.0 Å². The van der Waals surface area contributed by atoms with Crippen LogP contribution >= 0.6 is 0 Å². The number of carbonyl (C=O) groups is 2. The molecule has 0 aromatic carbocycles. The third-order valence-corrected chi connectivity index (χ3v) is 4.52. The van der Waals surface area contributed by atoms with Crippen LogP contribution in [0.4, 0.5) is 0 Å². The molecule has 2 aromatic rings. The van der Waals surface area contributed by atoms with E-state index in [1.807, 2.05) is 4.90 Å². The first-order valence-electron chi connectivity index (χ1n) is 8.28. The van der Waals surface area contributed by atoms with Crippen molar-refractivity contribution in [1.29, 1.82) is 0 Å². The molecule has 3 heterocycles. The van der Waals surface area contributed by atoms with Crippen molar-refractivity contribution in [2.75, 3.05) is 13.1 Å². The molecule has 7 nitrogen and oxygen atoms in total. The fourth-order valence-electron chi connectivity index (χ4n) is 3.09. The van der Waals surface area contributed by atoms with Gasteiger partial charge in [-0.25, -0.2) is 9.78 Å². The summed E-state index contributed by atoms with van der Waals surface area (Å²) >= 11 is 0. The van der Waals surface area contributed by atoms with Gasteiger partial charge in [-0.2, -0.15) is 0 Å². The molecule has 1 aliphatic heterocycles. The Balaban J connectivity index is 1.71. The van der Waals surface area contributed by atoms with Crippen LogP contribution in [0.3, 0.4) is 0 Å². The Morgan fingerprint density at radius 2 is 1.88 bits per heavy atom. The molecule has 0 radical (unpaired) electrons. The SMILES string of the molecule is CC(=O)N1CCC(Cc2cncc(-c3cncc(C(=O)O)c3)n2)CC1. The van der Waals surface area contributed by atoms with Gasteiger partial charge in [0, 0.05) is 44.2 Å². The Labute approximate surface area is 145 Å². The van der Waals surface area contributed by atoms with Gasteiger partial charge < -0.3 is 10.0 Å². The fraction of sp³-hybridized carbons (Fsp3) is 0.389. The Bertz CT molecular complexity index is 785. The van der Waals surface area contributed by atoms with Crippen molar-refractivity contribution >= 4 is 11.9 Å². The van der Waals surface area contributed by atoms with E-state index in [1.54, 1.807) is 31.6 Å². The summed E-state index contributed by atoms with van der Waals surface area (Å²) in [6.07, 6.45) is 8.99. The van der Waals surface area contributed by atoms with Gasteiger partial charge >= 0.3 is 5.97 Å². The summed E-state index contributed by atoms with van der Waals surface area (Å²) in [7, 11) is 0. The molecule has 0 saturated carbocycles. The quantitative estimate of drug-likeness (QED) is 0.915. The second kappa shape index (κ2) is 7.38. The lowest BCUT2D eigenvalue weighted by Crippen LogP contribution is -2.37. The fourth-order valence-corrected chi connectivity index (χ4v) is 3.09. The largest absolute Gasteiger partial charge is 0.478 e. The molecule has 0 unspecified atom stereocenters. The third-order valence-electron chi connectivity index (χ3n) is 4.52. The Morgan fingerprint density at radius 3 is 2.56 bits per heavy atom. The predicted octanol–water partition coefficient (Wildman–Crippen LogP) is 2.04. The summed E-state index contributed by atoms with van der Waals surface area (Å²) in [5, 5.41) is 9.08. The summed E-state index contributed by atoms with van der Waals surface area (Å²) in [5.74, 6) is -0.412. The van der Waals surface area contributed by atoms with Crippen molar-refractivity contribution in [3.05, 3.63) is 42.1 Å². The van der Waals surface area contributed by atoms with Crippen molar-refractivity contribution in [1.82, 2.24) is 19.9 Å². The Kier molecular flexibility index (Phi) is 5.02. The average Bonchev–Trinajstić information content (AvgIpc) is 2.62. The molecular formula is C18H20N4O3. The molecule has 0 atom stereocenters. The number of nitrogens with zero attached hydrogens (tertiary/aromatic N) is 4. The number of rotatable bonds is 4. The van der Waals surface area contributed by atoms with Gasteiger partial charge in [-0.3, -0.25) is 14.8 Å². The number of aromatic carboxylic acids is 1. The number of carbonyl (C=O) groups excluding carboxylic acids is 1. The number of hydrogen-bond acceptors (Lipinski definition) is 5. The van der Waals surface area contributed by atoms with Gasteiger partial charge in [-0.1, -0.05) is 0 Å². The highest BCUT2D eigenvalue weighted by molar-refractivity contribution is 5.88. The van der Waals surface area contributed by atoms with Crippen LogP contribution < -0.4 is 0 Å². The van der Waals surface area contributed by atoms with E-state index in [0.717, 1.165) is 38.0 Å². The number of pyridine rings is 1. The summed E-state index contributed by atoms with van der Waals surface area (Å²) in [6.45, 7) is 3.18. The number of carboxylic acids is 1. The van der Waals surface area contributed by atoms with E-state index in [1.165, 1.54) is 6.20 Å². The number of hydrogen-bond donors (Lipinski definition) is 1. The summed E-state index contributed by atoms with van der Waals surface area (Å²) in [6, 6.07) is 1.55. The Hall–Kier alpha value is -2.83. The molecule has 1 N–H and O–H groups in total. The van der Waals surface area contributed by atoms with E-state index in [9.17, 15) is 9.59 Å². The van der Waals surface area contributed by atoms with Crippen molar-refractivity contribution in [3.63, 3.8) is 0 Å². The monoisotopic (exact) mass is 340 g/mol. The number of aromatic nitrogens is 3. The number of amides is 1. The number of piperidine rings is 1. The third kappa shape index (κ3) is 4.17. The minimum atomic E-state index is -1.02. The van der Waals surface area contributed by atoms with Gasteiger partial charge in [0.1, 0.15) is 0 Å².